The van der Waals surface area contributed by atoms with Crippen molar-refractivity contribution >= 4 is 122 Å². The molecule has 2 N–H and O–H groups in total. The van der Waals surface area contributed by atoms with Gasteiger partial charge in [-0.3, -0.25) is 0 Å². The first kappa shape index (κ1) is 22.6. The van der Waals surface area contributed by atoms with Crippen LogP contribution in [-0.4, -0.2) is 116 Å². The van der Waals surface area contributed by atoms with Gasteiger partial charge in [-0.25, -0.2) is 0 Å². The van der Waals surface area contributed by atoms with Crippen LogP contribution in [0.15, 0.2) is 0 Å². The van der Waals surface area contributed by atoms with Gasteiger partial charge in [-0.05, 0) is 0 Å². The summed E-state index contributed by atoms with van der Waals surface area (Å²) < 4.78 is 3.67. The van der Waals surface area contributed by atoms with Crippen LogP contribution in [0, 0.1) is 0 Å². The number of hydrogen-bond donors (Lipinski definition) is 2. The van der Waals surface area contributed by atoms with Crippen molar-refractivity contribution in [1.29, 1.82) is 0 Å². The van der Waals surface area contributed by atoms with Gasteiger partial charge in [0.15, 0.2) is 0 Å². The molecule has 42 valence electrons. The molecule has 0 fully saturated rings. The number of rotatable bonds is 1. The molecule has 0 aliphatic rings. The molecular weight excluding hydrogens is 369 g/mol. The number of halogens is 1. The number of hydrogen-bond acceptors (Lipinski definition) is 3. The van der Waals surface area contributed by atoms with Crippen LogP contribution in [0.25, 0.3) is 0 Å². The minimum atomic E-state index is -1.70. The molecule has 0 aliphatic heterocycles. The van der Waals surface area contributed by atoms with Crippen LogP contribution in [-0.2, 0) is 3.75 Å². The molecule has 0 aliphatic carbocycles. The summed E-state index contributed by atoms with van der Waals surface area (Å²) in [5, 5.41) is 15.3. The second kappa shape index (κ2) is 16.9. The summed E-state index contributed by atoms with van der Waals surface area (Å²) in [7, 11) is -1.70. The Morgan fingerprint density at radius 3 is 1.50 bits per heavy atom. The zero-order valence-corrected chi connectivity index (χ0v) is 3.84. The molecule has 0 aromatic heterocycles. The third-order valence-electron chi connectivity index (χ3n) is 0.0797. The van der Waals surface area contributed by atoms with Crippen molar-refractivity contribution < 1.29 is 13.8 Å². The van der Waals surface area contributed by atoms with Crippen LogP contribution in [0.1, 0.15) is 0 Å². The molecule has 0 amide bonds. The van der Waals surface area contributed by atoms with E-state index in [0.29, 0.717) is 0 Å². The monoisotopic (exact) mass is 376 g/mol. The predicted octanol–water partition coefficient (Wildman–Crippen LogP) is -3.47. The summed E-state index contributed by atoms with van der Waals surface area (Å²) in [6.45, 7) is 0. The molecule has 8 heteroatoms. The molecule has 0 radical (unpaired) electrons. The SMILES string of the molecule is OB(O)OBr.[BaH2].[GaH3].[NaH]. The summed E-state index contributed by atoms with van der Waals surface area (Å²) in [5.41, 5.74) is 0. The molecule has 3 nitrogen and oxygen atoms in total. The molecule has 0 spiro atoms. The maximum absolute atomic E-state index is 7.65. The fraction of sp³-hybridized carbons (Fsp3) is 0. The van der Waals surface area contributed by atoms with Gasteiger partial charge in [0.05, 0.1) is 16.3 Å². The summed E-state index contributed by atoms with van der Waals surface area (Å²) in [4.78, 5) is 0. The predicted molar refractivity (Wildman–Crippen MR) is 45.8 cm³/mol. The Morgan fingerprint density at radius 2 is 1.50 bits per heavy atom. The third-order valence-corrected chi connectivity index (χ3v) is 0.414. The molecule has 0 saturated heterocycles. The van der Waals surface area contributed by atoms with Gasteiger partial charge in [-0.15, -0.1) is 0 Å². The Morgan fingerprint density at radius 1 is 1.38 bits per heavy atom. The van der Waals surface area contributed by atoms with E-state index in [1.165, 1.54) is 0 Å². The van der Waals surface area contributed by atoms with Crippen LogP contribution in [0.2, 0.25) is 0 Å². The molecule has 0 saturated carbocycles. The Balaban J connectivity index is -0.0000000267. The standard InChI is InChI=1S/BBrH2O3.Ba.Ga.Na.6H/c2-5-1(3)4;;;;;;;;;/h3-4H;;;;;;;;;. The average molecular weight is 377 g/mol. The topological polar surface area (TPSA) is 49.7 Å². The van der Waals surface area contributed by atoms with Gasteiger partial charge in [0.25, 0.3) is 0 Å². The van der Waals surface area contributed by atoms with E-state index in [0.717, 1.165) is 0 Å². The van der Waals surface area contributed by atoms with E-state index in [4.69, 9.17) is 10.0 Å². The first-order valence-electron chi connectivity index (χ1n) is 0.906. The molecule has 0 heterocycles. The quantitative estimate of drug-likeness (QED) is 0.468. The minimum absolute atomic E-state index is 0. The van der Waals surface area contributed by atoms with Crippen LogP contribution in [0.3, 0.4) is 0 Å². The normalized spacial score (nSPS) is 4.88. The zero-order valence-electron chi connectivity index (χ0n) is 2.26. The van der Waals surface area contributed by atoms with E-state index in [1.54, 1.807) is 0 Å². The Kier molecular flexibility index (Phi) is 47.8. The van der Waals surface area contributed by atoms with Gasteiger partial charge in [-0.1, -0.05) is 0 Å². The third kappa shape index (κ3) is 22.6. The molecule has 0 aromatic carbocycles. The van der Waals surface area contributed by atoms with Gasteiger partial charge < -0.3 is 13.8 Å². The van der Waals surface area contributed by atoms with Crippen molar-refractivity contribution in [2.75, 3.05) is 0 Å². The van der Waals surface area contributed by atoms with E-state index in [9.17, 15) is 0 Å². The summed E-state index contributed by atoms with van der Waals surface area (Å²) in [6, 6.07) is 0. The van der Waals surface area contributed by atoms with E-state index in [1.807, 2.05) is 0 Å². The van der Waals surface area contributed by atoms with Crippen molar-refractivity contribution in [2.45, 2.75) is 0 Å². The summed E-state index contributed by atoms with van der Waals surface area (Å²) in [6.07, 6.45) is 0. The zero-order chi connectivity index (χ0) is 4.28. The van der Waals surface area contributed by atoms with Gasteiger partial charge >= 0.3 is 106 Å². The van der Waals surface area contributed by atoms with Crippen molar-refractivity contribution in [3.63, 3.8) is 0 Å². The maximum atomic E-state index is 7.65. The van der Waals surface area contributed by atoms with Gasteiger partial charge in [0.1, 0.15) is 0 Å². The Hall–Kier alpha value is 3.63. The van der Waals surface area contributed by atoms with Gasteiger partial charge in [-0.2, -0.15) is 0 Å². The fourth-order valence-corrected chi connectivity index (χ4v) is 0. The molecule has 0 atom stereocenters. The average Bonchev–Trinajstić information content (AvgIpc) is 1.38. The first-order valence-corrected chi connectivity index (χ1v) is 1.55. The van der Waals surface area contributed by atoms with Gasteiger partial charge in [0.2, 0.25) is 0 Å². The molecule has 0 aromatic rings. The summed E-state index contributed by atoms with van der Waals surface area (Å²) >= 11 is 2.31. The first-order chi connectivity index (χ1) is 2.27. The summed E-state index contributed by atoms with van der Waals surface area (Å²) in [5.74, 6) is 0. The van der Waals surface area contributed by atoms with Crippen molar-refractivity contribution in [2.24, 2.45) is 0 Å². The molecule has 0 bridgehead atoms. The van der Waals surface area contributed by atoms with E-state index < -0.39 is 7.32 Å². The van der Waals surface area contributed by atoms with Crippen LogP contribution in [0.5, 0.6) is 0 Å². The van der Waals surface area contributed by atoms with Crippen molar-refractivity contribution in [1.82, 2.24) is 0 Å². The second-order valence-electron chi connectivity index (χ2n) is 0.415. The van der Waals surface area contributed by atoms with Crippen LogP contribution >= 0.6 is 16.3 Å². The van der Waals surface area contributed by atoms with E-state index >= 15 is 0 Å². The van der Waals surface area contributed by atoms with E-state index in [2.05, 4.69) is 20.0 Å². The van der Waals surface area contributed by atoms with E-state index in [-0.39, 0.29) is 98.2 Å². The Labute approximate surface area is 132 Å². The molecule has 0 unspecified atom stereocenters. The fourth-order valence-electron chi connectivity index (χ4n) is 0. The molecular formula is H8BBaBrGaNaO3. The van der Waals surface area contributed by atoms with Crippen LogP contribution < -0.4 is 0 Å². The molecule has 8 heavy (non-hydrogen) atoms. The second-order valence-corrected chi connectivity index (χ2v) is 0.789. The van der Waals surface area contributed by atoms with Crippen molar-refractivity contribution in [3.8, 4) is 0 Å². The van der Waals surface area contributed by atoms with Crippen LogP contribution in [0.4, 0.5) is 0 Å². The van der Waals surface area contributed by atoms with Gasteiger partial charge in [0, 0.05) is 0 Å². The van der Waals surface area contributed by atoms with Crippen molar-refractivity contribution in [3.05, 3.63) is 0 Å². The Bertz CT molecular complexity index is 33.2. The molecule has 0 rings (SSSR count).